The molecular formula is C27H29N3. The van der Waals surface area contributed by atoms with Gasteiger partial charge in [-0.3, -0.25) is 5.01 Å². The monoisotopic (exact) mass is 395 g/mol. The normalized spacial score (nSPS) is 22.1. The Morgan fingerprint density at radius 2 is 1.30 bits per heavy atom. The van der Waals surface area contributed by atoms with E-state index in [4.69, 9.17) is 5.10 Å². The van der Waals surface area contributed by atoms with E-state index in [2.05, 4.69) is 101 Å². The molecule has 0 radical (unpaired) electrons. The van der Waals surface area contributed by atoms with Gasteiger partial charge < -0.3 is 5.32 Å². The zero-order valence-corrected chi connectivity index (χ0v) is 17.3. The van der Waals surface area contributed by atoms with Crippen LogP contribution >= 0.6 is 0 Å². The minimum Gasteiger partial charge on any atom is -0.304 e. The van der Waals surface area contributed by atoms with Gasteiger partial charge >= 0.3 is 0 Å². The lowest BCUT2D eigenvalue weighted by molar-refractivity contribution is 0.348. The van der Waals surface area contributed by atoms with Gasteiger partial charge in [0.25, 0.3) is 0 Å². The minimum atomic E-state index is 0.130. The molecule has 30 heavy (non-hydrogen) atoms. The molecule has 1 heterocycles. The summed E-state index contributed by atoms with van der Waals surface area (Å²) in [5.74, 6) is 0. The van der Waals surface area contributed by atoms with Gasteiger partial charge in [0.05, 0.1) is 23.5 Å². The Kier molecular flexibility index (Phi) is 5.62. The maximum Gasteiger partial charge on any atom is 0.0986 e. The predicted octanol–water partition coefficient (Wildman–Crippen LogP) is 5.94. The summed E-state index contributed by atoms with van der Waals surface area (Å²) in [4.78, 5) is 0. The number of nitrogens with zero attached hydrogens (tertiary/aromatic N) is 2. The Morgan fingerprint density at radius 3 is 1.97 bits per heavy atom. The van der Waals surface area contributed by atoms with E-state index in [1.54, 1.807) is 0 Å². The highest BCUT2D eigenvalue weighted by Crippen LogP contribution is 2.37. The molecule has 3 nitrogen and oxygen atoms in total. The zero-order valence-electron chi connectivity index (χ0n) is 17.3. The molecule has 2 aliphatic rings. The van der Waals surface area contributed by atoms with Gasteiger partial charge in [0.1, 0.15) is 0 Å². The third kappa shape index (κ3) is 3.90. The van der Waals surface area contributed by atoms with Gasteiger partial charge in [-0.05, 0) is 36.1 Å². The molecule has 5 rings (SSSR count). The van der Waals surface area contributed by atoms with Gasteiger partial charge in [-0.1, -0.05) is 98.1 Å². The van der Waals surface area contributed by atoms with E-state index in [0.717, 1.165) is 11.4 Å². The van der Waals surface area contributed by atoms with Gasteiger partial charge in [-0.15, -0.1) is 0 Å². The maximum absolute atomic E-state index is 5.22. The molecule has 1 saturated carbocycles. The minimum absolute atomic E-state index is 0.130. The SMILES string of the molecule is c1ccc(C2=NN(c3ccccc3)[C@@H](c3ccccc3)[C@H]2NC2CCCCC2)cc1. The van der Waals surface area contributed by atoms with Crippen LogP contribution in [-0.2, 0) is 0 Å². The number of hydrogen-bond acceptors (Lipinski definition) is 3. The Labute approximate surface area is 179 Å². The zero-order chi connectivity index (χ0) is 20.2. The van der Waals surface area contributed by atoms with Gasteiger partial charge in [0.15, 0.2) is 0 Å². The lowest BCUT2D eigenvalue weighted by Crippen LogP contribution is -2.47. The summed E-state index contributed by atoms with van der Waals surface area (Å²) in [7, 11) is 0. The molecule has 3 aromatic rings. The smallest absolute Gasteiger partial charge is 0.0986 e. The lowest BCUT2D eigenvalue weighted by atomic mass is 9.89. The number of nitrogens with one attached hydrogen (secondary N) is 1. The Hall–Kier alpha value is -2.91. The summed E-state index contributed by atoms with van der Waals surface area (Å²) in [5, 5.41) is 11.5. The van der Waals surface area contributed by atoms with Crippen molar-refractivity contribution < 1.29 is 0 Å². The van der Waals surface area contributed by atoms with Gasteiger partial charge in [-0.25, -0.2) is 0 Å². The third-order valence-corrected chi connectivity index (χ3v) is 6.34. The van der Waals surface area contributed by atoms with Crippen LogP contribution in [0.1, 0.15) is 49.3 Å². The third-order valence-electron chi connectivity index (χ3n) is 6.34. The van der Waals surface area contributed by atoms with E-state index >= 15 is 0 Å². The Bertz CT molecular complexity index is 963. The molecule has 0 spiro atoms. The van der Waals surface area contributed by atoms with Crippen LogP contribution in [0, 0.1) is 0 Å². The molecule has 3 heteroatoms. The van der Waals surface area contributed by atoms with Crippen LogP contribution in [0.5, 0.6) is 0 Å². The van der Waals surface area contributed by atoms with E-state index in [0.29, 0.717) is 6.04 Å². The van der Waals surface area contributed by atoms with Crippen molar-refractivity contribution in [3.05, 3.63) is 102 Å². The standard InChI is InChI=1S/C27H29N3/c1-5-13-21(14-6-1)25-26(28-23-17-9-3-10-18-23)27(22-15-7-2-8-16-22)30(29-25)24-19-11-4-12-20-24/h1-2,4-8,11-16,19-20,23,26-28H,3,9-10,17-18H2/t26-,27-/m0/s1. The number of hydrazone groups is 1. The molecule has 2 atom stereocenters. The summed E-state index contributed by atoms with van der Waals surface area (Å²) >= 11 is 0. The number of anilines is 1. The Balaban J connectivity index is 1.59. The van der Waals surface area contributed by atoms with Gasteiger partial charge in [0, 0.05) is 6.04 Å². The number of benzene rings is 3. The first kappa shape index (κ1) is 19.1. The Morgan fingerprint density at radius 1 is 0.700 bits per heavy atom. The topological polar surface area (TPSA) is 27.6 Å². The maximum atomic E-state index is 5.22. The summed E-state index contributed by atoms with van der Waals surface area (Å²) in [6.07, 6.45) is 6.51. The molecular weight excluding hydrogens is 366 g/mol. The van der Waals surface area contributed by atoms with Crippen LogP contribution in [0.3, 0.4) is 0 Å². The van der Waals surface area contributed by atoms with Crippen LogP contribution in [0.15, 0.2) is 96.1 Å². The van der Waals surface area contributed by atoms with E-state index in [9.17, 15) is 0 Å². The molecule has 0 saturated heterocycles. The fourth-order valence-corrected chi connectivity index (χ4v) is 4.85. The highest BCUT2D eigenvalue weighted by atomic mass is 15.5. The first-order valence-corrected chi connectivity index (χ1v) is 11.2. The highest BCUT2D eigenvalue weighted by molar-refractivity contribution is 6.07. The number of hydrogen-bond donors (Lipinski definition) is 1. The summed E-state index contributed by atoms with van der Waals surface area (Å²) in [6.45, 7) is 0. The molecule has 0 unspecified atom stereocenters. The summed E-state index contributed by atoms with van der Waals surface area (Å²) in [6, 6.07) is 32.9. The average Bonchev–Trinajstić information content (AvgIpc) is 3.20. The highest BCUT2D eigenvalue weighted by Gasteiger charge is 2.40. The van der Waals surface area contributed by atoms with Crippen LogP contribution < -0.4 is 10.3 Å². The molecule has 1 aliphatic heterocycles. The van der Waals surface area contributed by atoms with Crippen molar-refractivity contribution >= 4 is 11.4 Å². The van der Waals surface area contributed by atoms with Crippen molar-refractivity contribution in [2.75, 3.05) is 5.01 Å². The van der Waals surface area contributed by atoms with Crippen LogP contribution in [-0.4, -0.2) is 17.8 Å². The van der Waals surface area contributed by atoms with Crippen molar-refractivity contribution in [2.45, 2.75) is 50.2 Å². The van der Waals surface area contributed by atoms with Crippen molar-refractivity contribution in [1.82, 2.24) is 5.32 Å². The van der Waals surface area contributed by atoms with E-state index in [1.165, 1.54) is 43.2 Å². The molecule has 1 fully saturated rings. The number of para-hydroxylation sites is 1. The van der Waals surface area contributed by atoms with Crippen molar-refractivity contribution in [1.29, 1.82) is 0 Å². The number of rotatable bonds is 5. The molecule has 0 bridgehead atoms. The van der Waals surface area contributed by atoms with Crippen LogP contribution in [0.25, 0.3) is 0 Å². The fourth-order valence-electron chi connectivity index (χ4n) is 4.85. The van der Waals surface area contributed by atoms with Crippen molar-refractivity contribution in [3.8, 4) is 0 Å². The second-order valence-corrected chi connectivity index (χ2v) is 8.37. The second kappa shape index (κ2) is 8.85. The quantitative estimate of drug-likeness (QED) is 0.579. The summed E-state index contributed by atoms with van der Waals surface area (Å²) < 4.78 is 0. The molecule has 0 amide bonds. The van der Waals surface area contributed by atoms with Crippen molar-refractivity contribution in [2.24, 2.45) is 5.10 Å². The average molecular weight is 396 g/mol. The summed E-state index contributed by atoms with van der Waals surface area (Å²) in [5.41, 5.74) is 4.76. The molecule has 3 aromatic carbocycles. The molecule has 1 N–H and O–H groups in total. The fraction of sp³-hybridized carbons (Fsp3) is 0.296. The van der Waals surface area contributed by atoms with E-state index in [1.807, 2.05) is 0 Å². The van der Waals surface area contributed by atoms with Gasteiger partial charge in [-0.2, -0.15) is 5.10 Å². The lowest BCUT2D eigenvalue weighted by Gasteiger charge is -2.33. The van der Waals surface area contributed by atoms with Crippen molar-refractivity contribution in [3.63, 3.8) is 0 Å². The van der Waals surface area contributed by atoms with E-state index < -0.39 is 0 Å². The first-order chi connectivity index (χ1) is 14.9. The second-order valence-electron chi connectivity index (χ2n) is 8.37. The van der Waals surface area contributed by atoms with Crippen LogP contribution in [0.4, 0.5) is 5.69 Å². The van der Waals surface area contributed by atoms with Crippen LogP contribution in [0.2, 0.25) is 0 Å². The largest absolute Gasteiger partial charge is 0.304 e. The molecule has 152 valence electrons. The van der Waals surface area contributed by atoms with Gasteiger partial charge in [0.2, 0.25) is 0 Å². The molecule has 1 aliphatic carbocycles. The molecule has 0 aromatic heterocycles. The first-order valence-electron chi connectivity index (χ1n) is 11.2. The van der Waals surface area contributed by atoms with E-state index in [-0.39, 0.29) is 12.1 Å². The predicted molar refractivity (Wildman–Crippen MR) is 125 cm³/mol.